The Morgan fingerprint density at radius 3 is 2.36 bits per heavy atom. The van der Waals surface area contributed by atoms with E-state index < -0.39 is 23.6 Å². The quantitative estimate of drug-likeness (QED) is 0.834. The van der Waals surface area contributed by atoms with Gasteiger partial charge in [-0.1, -0.05) is 30.7 Å². The molecule has 1 heterocycles. The van der Waals surface area contributed by atoms with Gasteiger partial charge in [-0.3, -0.25) is 4.79 Å². The largest absolute Gasteiger partial charge is 0.451 e. The second kappa shape index (κ2) is 5.84. The van der Waals surface area contributed by atoms with Crippen molar-refractivity contribution in [2.45, 2.75) is 18.9 Å². The van der Waals surface area contributed by atoms with Crippen LogP contribution in [0.2, 0.25) is 5.02 Å². The molecule has 1 aromatic rings. The van der Waals surface area contributed by atoms with Gasteiger partial charge < -0.3 is 9.47 Å². The zero-order valence-corrected chi connectivity index (χ0v) is 13.1. The second-order valence-corrected chi connectivity index (χ2v) is 5.03. The van der Waals surface area contributed by atoms with Crippen molar-refractivity contribution in [3.63, 3.8) is 0 Å². The van der Waals surface area contributed by atoms with Crippen LogP contribution in [-0.4, -0.2) is 42.3 Å². The topological polar surface area (TPSA) is 76.2 Å². The fourth-order valence-electron chi connectivity index (χ4n) is 2.55. The highest BCUT2D eigenvalue weighted by Gasteiger charge is 2.65. The number of amides is 3. The number of rotatable bonds is 2. The van der Waals surface area contributed by atoms with Gasteiger partial charge in [0, 0.05) is 5.02 Å². The number of carbonyl (C=O) groups is 3. The summed E-state index contributed by atoms with van der Waals surface area (Å²) in [5.41, 5.74) is -0.843. The molecule has 1 aromatic carbocycles. The number of nitrogens with zero attached hydrogens (tertiary/aromatic N) is 2. The van der Waals surface area contributed by atoms with Crippen molar-refractivity contribution < 1.29 is 23.9 Å². The number of hydrogen-bond acceptors (Lipinski definition) is 5. The number of hydrazine groups is 1. The Hall–Kier alpha value is -2.28. The third-order valence-electron chi connectivity index (χ3n) is 3.62. The van der Waals surface area contributed by atoms with Gasteiger partial charge in [0.25, 0.3) is 5.91 Å². The van der Waals surface area contributed by atoms with Crippen molar-refractivity contribution in [3.8, 4) is 0 Å². The lowest BCUT2D eigenvalue weighted by Crippen LogP contribution is -2.77. The Kier molecular flexibility index (Phi) is 4.27. The molecule has 7 nitrogen and oxygen atoms in total. The normalized spacial score (nSPS) is 20.5. The van der Waals surface area contributed by atoms with Gasteiger partial charge in [0.2, 0.25) is 0 Å². The maximum Gasteiger partial charge on any atom is 0.436 e. The van der Waals surface area contributed by atoms with Gasteiger partial charge in [0.05, 0.1) is 14.2 Å². The average molecular weight is 327 g/mol. The molecule has 0 aromatic heterocycles. The van der Waals surface area contributed by atoms with E-state index >= 15 is 0 Å². The Morgan fingerprint density at radius 2 is 1.86 bits per heavy atom. The highest BCUT2D eigenvalue weighted by atomic mass is 35.5. The number of methoxy groups -OCH3 is 2. The Balaban J connectivity index is 2.56. The molecule has 0 unspecified atom stereocenters. The van der Waals surface area contributed by atoms with Crippen LogP contribution in [0.3, 0.4) is 0 Å². The molecule has 2 rings (SSSR count). The van der Waals surface area contributed by atoms with Crippen molar-refractivity contribution >= 4 is 29.7 Å². The summed E-state index contributed by atoms with van der Waals surface area (Å²) in [6.07, 6.45) is -1.55. The van der Waals surface area contributed by atoms with Crippen LogP contribution in [0.4, 0.5) is 9.59 Å². The van der Waals surface area contributed by atoms with Crippen LogP contribution < -0.4 is 0 Å². The lowest BCUT2D eigenvalue weighted by molar-refractivity contribution is -0.201. The van der Waals surface area contributed by atoms with E-state index in [1.54, 1.807) is 31.2 Å². The Bertz CT molecular complexity index is 635. The summed E-state index contributed by atoms with van der Waals surface area (Å²) in [7, 11) is 2.29. The molecule has 22 heavy (non-hydrogen) atoms. The number of halogens is 1. The first kappa shape index (κ1) is 16.1. The lowest BCUT2D eigenvalue weighted by Gasteiger charge is -2.54. The fraction of sp³-hybridized carbons (Fsp3) is 0.357. The minimum atomic E-state index is -1.34. The lowest BCUT2D eigenvalue weighted by atomic mass is 9.81. The maximum atomic E-state index is 12.6. The van der Waals surface area contributed by atoms with E-state index in [0.29, 0.717) is 15.6 Å². The zero-order chi connectivity index (χ0) is 16.5. The third-order valence-corrected chi connectivity index (χ3v) is 3.85. The van der Waals surface area contributed by atoms with Crippen molar-refractivity contribution in [1.82, 2.24) is 10.0 Å². The zero-order valence-electron chi connectivity index (χ0n) is 12.3. The number of hydrogen-bond donors (Lipinski definition) is 0. The van der Waals surface area contributed by atoms with Crippen molar-refractivity contribution in [3.05, 3.63) is 34.9 Å². The molecule has 1 aliphatic heterocycles. The molecule has 1 fully saturated rings. The molecule has 1 aliphatic rings. The summed E-state index contributed by atoms with van der Waals surface area (Å²) in [5, 5.41) is 1.99. The molecule has 0 bridgehead atoms. The van der Waals surface area contributed by atoms with E-state index in [9.17, 15) is 14.4 Å². The minimum absolute atomic E-state index is 0.245. The number of ether oxygens (including phenoxy) is 2. The van der Waals surface area contributed by atoms with Crippen molar-refractivity contribution in [1.29, 1.82) is 0 Å². The van der Waals surface area contributed by atoms with Crippen molar-refractivity contribution in [2.75, 3.05) is 14.2 Å². The molecule has 8 heteroatoms. The standard InChI is InChI=1S/C14H15ClN2O5/c1-4-14(9-6-5-7-10(15)8-9)11(18)16(12(19)21-2)17(14)13(20)22-3/h5-8H,4H2,1-3H3/t14-/m1/s1. The van der Waals surface area contributed by atoms with Crippen LogP contribution in [0.5, 0.6) is 0 Å². The molecule has 0 aliphatic carbocycles. The Labute approximate surface area is 132 Å². The molecule has 1 saturated heterocycles. The van der Waals surface area contributed by atoms with Gasteiger partial charge in [-0.2, -0.15) is 5.01 Å². The van der Waals surface area contributed by atoms with Crippen LogP contribution in [0, 0.1) is 0 Å². The van der Waals surface area contributed by atoms with E-state index in [4.69, 9.17) is 11.6 Å². The predicted molar refractivity (Wildman–Crippen MR) is 76.9 cm³/mol. The molecule has 0 radical (unpaired) electrons. The highest BCUT2D eigenvalue weighted by Crippen LogP contribution is 2.45. The summed E-state index contributed by atoms with van der Waals surface area (Å²) in [6.45, 7) is 1.73. The third kappa shape index (κ3) is 2.09. The number of imide groups is 1. The van der Waals surface area contributed by atoms with Crippen LogP contribution in [0.1, 0.15) is 18.9 Å². The molecular formula is C14H15ClN2O5. The number of carbonyl (C=O) groups excluding carboxylic acids is 3. The second-order valence-electron chi connectivity index (χ2n) is 4.59. The SMILES string of the molecule is CC[C@@]1(c2cccc(Cl)c2)C(=O)N(C(=O)OC)N1C(=O)OC. The first-order valence-corrected chi connectivity index (χ1v) is 6.88. The van der Waals surface area contributed by atoms with E-state index in [-0.39, 0.29) is 6.42 Å². The van der Waals surface area contributed by atoms with Crippen molar-refractivity contribution in [2.24, 2.45) is 0 Å². The van der Waals surface area contributed by atoms with E-state index in [0.717, 1.165) is 12.1 Å². The van der Waals surface area contributed by atoms with Gasteiger partial charge in [0.1, 0.15) is 0 Å². The number of benzene rings is 1. The van der Waals surface area contributed by atoms with E-state index in [2.05, 4.69) is 9.47 Å². The molecule has 118 valence electrons. The molecule has 1 atom stereocenters. The summed E-state index contributed by atoms with van der Waals surface area (Å²) >= 11 is 5.97. The van der Waals surface area contributed by atoms with Crippen LogP contribution in [0.25, 0.3) is 0 Å². The van der Waals surface area contributed by atoms with Crippen LogP contribution in [-0.2, 0) is 19.8 Å². The van der Waals surface area contributed by atoms with E-state index in [1.165, 1.54) is 7.11 Å². The molecule has 0 N–H and O–H groups in total. The summed E-state index contributed by atoms with van der Waals surface area (Å²) in [5.74, 6) is -0.575. The molecule has 0 saturated carbocycles. The molecular weight excluding hydrogens is 312 g/mol. The highest BCUT2D eigenvalue weighted by molar-refractivity contribution is 6.30. The predicted octanol–water partition coefficient (Wildman–Crippen LogP) is 2.54. The summed E-state index contributed by atoms with van der Waals surface area (Å²) < 4.78 is 9.23. The Morgan fingerprint density at radius 1 is 1.23 bits per heavy atom. The first-order valence-electron chi connectivity index (χ1n) is 6.50. The average Bonchev–Trinajstić information content (AvgIpc) is 2.52. The minimum Gasteiger partial charge on any atom is -0.451 e. The first-order chi connectivity index (χ1) is 10.4. The summed E-state index contributed by atoms with van der Waals surface area (Å²) in [6, 6.07) is 6.56. The van der Waals surface area contributed by atoms with Gasteiger partial charge in [-0.15, -0.1) is 5.01 Å². The monoisotopic (exact) mass is 326 g/mol. The maximum absolute atomic E-state index is 12.6. The van der Waals surface area contributed by atoms with E-state index in [1.807, 2.05) is 0 Å². The van der Waals surface area contributed by atoms with Crippen LogP contribution in [0.15, 0.2) is 24.3 Å². The fourth-order valence-corrected chi connectivity index (χ4v) is 2.74. The smallest absolute Gasteiger partial charge is 0.436 e. The van der Waals surface area contributed by atoms with Crippen LogP contribution >= 0.6 is 11.6 Å². The van der Waals surface area contributed by atoms with Gasteiger partial charge in [-0.05, 0) is 24.1 Å². The molecule has 0 spiro atoms. The molecule has 3 amide bonds. The summed E-state index contributed by atoms with van der Waals surface area (Å²) in [4.78, 5) is 36.4. The van der Waals surface area contributed by atoms with Gasteiger partial charge in [-0.25, -0.2) is 9.59 Å². The van der Waals surface area contributed by atoms with Gasteiger partial charge >= 0.3 is 12.2 Å². The van der Waals surface area contributed by atoms with Gasteiger partial charge in [0.15, 0.2) is 5.54 Å².